The van der Waals surface area contributed by atoms with E-state index in [4.69, 9.17) is 4.74 Å². The smallest absolute Gasteiger partial charge is 0.235 e. The number of ether oxygens (including phenoxy) is 1. The number of benzene rings is 1. The lowest BCUT2D eigenvalue weighted by Gasteiger charge is -2.61. The van der Waals surface area contributed by atoms with E-state index in [1.807, 2.05) is 30.3 Å². The maximum Gasteiger partial charge on any atom is 0.235 e. The summed E-state index contributed by atoms with van der Waals surface area (Å²) in [4.78, 5) is 38.2. The molecule has 2 aliphatic heterocycles. The van der Waals surface area contributed by atoms with Crippen LogP contribution in [-0.4, -0.2) is 41.8 Å². The molecule has 0 radical (unpaired) electrons. The number of carbonyl (C=O) groups is 3. The van der Waals surface area contributed by atoms with Crippen molar-refractivity contribution in [3.63, 3.8) is 0 Å². The van der Waals surface area contributed by atoms with Crippen LogP contribution in [0, 0.1) is 17.8 Å². The van der Waals surface area contributed by atoms with Crippen molar-refractivity contribution in [1.29, 1.82) is 0 Å². The third-order valence-corrected chi connectivity index (χ3v) is 5.78. The van der Waals surface area contributed by atoms with Crippen molar-refractivity contribution in [1.82, 2.24) is 10.2 Å². The Morgan fingerprint density at radius 1 is 1.25 bits per heavy atom. The van der Waals surface area contributed by atoms with Crippen LogP contribution in [0.15, 0.2) is 30.3 Å². The number of fused-ring (bicyclic) bond motifs is 4. The van der Waals surface area contributed by atoms with Crippen LogP contribution in [0.1, 0.15) is 25.0 Å². The average molecular weight is 328 g/mol. The van der Waals surface area contributed by atoms with E-state index >= 15 is 0 Å². The molecule has 0 bridgehead atoms. The molecule has 2 heterocycles. The van der Waals surface area contributed by atoms with Gasteiger partial charge in [-0.25, -0.2) is 0 Å². The molecular formula is C18H20N2O4. The molecule has 6 nitrogen and oxygen atoms in total. The van der Waals surface area contributed by atoms with E-state index in [9.17, 15) is 14.4 Å². The molecule has 3 aliphatic rings. The molecule has 1 aromatic carbocycles. The zero-order valence-electron chi connectivity index (χ0n) is 13.7. The first kappa shape index (κ1) is 15.3. The molecule has 1 aliphatic carbocycles. The fourth-order valence-electron chi connectivity index (χ4n) is 4.88. The molecule has 2 saturated heterocycles. The van der Waals surface area contributed by atoms with E-state index < -0.39 is 17.4 Å². The number of nitrogens with one attached hydrogen (secondary N) is 1. The molecule has 4 rings (SSSR count). The second kappa shape index (κ2) is 5.14. The van der Waals surface area contributed by atoms with Gasteiger partial charge in [-0.1, -0.05) is 30.3 Å². The van der Waals surface area contributed by atoms with Gasteiger partial charge >= 0.3 is 0 Å². The van der Waals surface area contributed by atoms with Crippen LogP contribution in [0.25, 0.3) is 0 Å². The molecule has 3 fully saturated rings. The highest BCUT2D eigenvalue weighted by Crippen LogP contribution is 2.62. The van der Waals surface area contributed by atoms with E-state index in [0.717, 1.165) is 5.56 Å². The normalized spacial score (nSPS) is 37.5. The van der Waals surface area contributed by atoms with Crippen molar-refractivity contribution in [3.8, 4) is 0 Å². The highest BCUT2D eigenvalue weighted by molar-refractivity contribution is 6.08. The van der Waals surface area contributed by atoms with Crippen LogP contribution in [0.5, 0.6) is 0 Å². The Kier molecular flexibility index (Phi) is 3.28. The topological polar surface area (TPSA) is 75.7 Å². The molecule has 1 N–H and O–H groups in total. The summed E-state index contributed by atoms with van der Waals surface area (Å²) in [7, 11) is 1.52. The van der Waals surface area contributed by atoms with Crippen molar-refractivity contribution < 1.29 is 19.1 Å². The maximum absolute atomic E-state index is 12.6. The van der Waals surface area contributed by atoms with Gasteiger partial charge in [0, 0.05) is 26.5 Å². The molecule has 0 aromatic heterocycles. The van der Waals surface area contributed by atoms with Gasteiger partial charge in [-0.05, 0) is 12.0 Å². The van der Waals surface area contributed by atoms with E-state index in [1.54, 1.807) is 0 Å². The highest BCUT2D eigenvalue weighted by atomic mass is 16.5. The average Bonchev–Trinajstić information content (AvgIpc) is 2.75. The Labute approximate surface area is 140 Å². The summed E-state index contributed by atoms with van der Waals surface area (Å²) in [6.45, 7) is 1.90. The van der Waals surface area contributed by atoms with Crippen molar-refractivity contribution in [2.45, 2.75) is 25.0 Å². The van der Waals surface area contributed by atoms with Crippen molar-refractivity contribution in [2.24, 2.45) is 17.8 Å². The Morgan fingerprint density at radius 3 is 2.62 bits per heavy atom. The SMILES string of the molecule is CC(=O)N[C@]12CCO[C@H](c3ccccc3)[C@H]1[C@@H]1C(=O)N(C)C(=O)[C@@H]12. The van der Waals surface area contributed by atoms with E-state index in [2.05, 4.69) is 5.32 Å². The fraction of sp³-hybridized carbons (Fsp3) is 0.500. The first-order valence-corrected chi connectivity index (χ1v) is 8.24. The second-order valence-corrected chi connectivity index (χ2v) is 6.94. The van der Waals surface area contributed by atoms with Gasteiger partial charge in [0.1, 0.15) is 0 Å². The summed E-state index contributed by atoms with van der Waals surface area (Å²) < 4.78 is 6.00. The number of carbonyl (C=O) groups excluding carboxylic acids is 3. The lowest BCUT2D eigenvalue weighted by atomic mass is 9.48. The van der Waals surface area contributed by atoms with Crippen LogP contribution in [-0.2, 0) is 19.1 Å². The van der Waals surface area contributed by atoms with Crippen LogP contribution < -0.4 is 5.32 Å². The fourth-order valence-corrected chi connectivity index (χ4v) is 4.88. The number of nitrogens with zero attached hydrogens (tertiary/aromatic N) is 1. The minimum atomic E-state index is -0.688. The highest BCUT2D eigenvalue weighted by Gasteiger charge is 2.74. The zero-order valence-corrected chi connectivity index (χ0v) is 13.7. The second-order valence-electron chi connectivity index (χ2n) is 6.94. The number of amides is 3. The molecule has 3 amide bonds. The van der Waals surface area contributed by atoms with E-state index in [-0.39, 0.29) is 29.7 Å². The monoisotopic (exact) mass is 328 g/mol. The van der Waals surface area contributed by atoms with Crippen LogP contribution >= 0.6 is 0 Å². The summed E-state index contributed by atoms with van der Waals surface area (Å²) in [5.41, 5.74) is 0.289. The minimum Gasteiger partial charge on any atom is -0.373 e. The third-order valence-electron chi connectivity index (χ3n) is 5.78. The van der Waals surface area contributed by atoms with E-state index in [0.29, 0.717) is 13.0 Å². The van der Waals surface area contributed by atoms with Gasteiger partial charge in [0.05, 0.1) is 23.5 Å². The molecule has 126 valence electrons. The molecule has 0 spiro atoms. The van der Waals surface area contributed by atoms with Crippen LogP contribution in [0.4, 0.5) is 0 Å². The van der Waals surface area contributed by atoms with Crippen LogP contribution in [0.3, 0.4) is 0 Å². The van der Waals surface area contributed by atoms with Gasteiger partial charge in [-0.15, -0.1) is 0 Å². The van der Waals surface area contributed by atoms with Gasteiger partial charge in [-0.3, -0.25) is 19.3 Å². The lowest BCUT2D eigenvalue weighted by molar-refractivity contribution is -0.195. The predicted molar refractivity (Wildman–Crippen MR) is 84.5 cm³/mol. The lowest BCUT2D eigenvalue weighted by Crippen LogP contribution is -2.75. The predicted octanol–water partition coefficient (Wildman–Crippen LogP) is 0.884. The Bertz CT molecular complexity index is 719. The number of likely N-dealkylation sites (tertiary alicyclic amines) is 1. The van der Waals surface area contributed by atoms with Gasteiger partial charge in [0.15, 0.2) is 0 Å². The maximum atomic E-state index is 12.6. The van der Waals surface area contributed by atoms with Gasteiger partial charge in [-0.2, -0.15) is 0 Å². The van der Waals surface area contributed by atoms with Gasteiger partial charge < -0.3 is 10.1 Å². The largest absolute Gasteiger partial charge is 0.373 e. The van der Waals surface area contributed by atoms with Gasteiger partial charge in [0.2, 0.25) is 17.7 Å². The molecule has 5 atom stereocenters. The molecule has 6 heteroatoms. The standard InChI is InChI=1S/C18H20N2O4/c1-10(21)19-18-8-9-24-15(11-6-4-3-5-7-11)13(18)12-14(18)17(23)20(2)16(12)22/h3-7,12-15H,8-9H2,1-2H3,(H,19,21)/t12-,13+,14+,15+,18+/m0/s1. The quantitative estimate of drug-likeness (QED) is 0.818. The Hall–Kier alpha value is -2.21. The number of rotatable bonds is 2. The molecule has 24 heavy (non-hydrogen) atoms. The molecular weight excluding hydrogens is 308 g/mol. The zero-order chi connectivity index (χ0) is 17.1. The number of hydrogen-bond donors (Lipinski definition) is 1. The van der Waals surface area contributed by atoms with E-state index in [1.165, 1.54) is 18.9 Å². The first-order valence-electron chi connectivity index (χ1n) is 8.24. The van der Waals surface area contributed by atoms with Gasteiger partial charge in [0.25, 0.3) is 0 Å². The van der Waals surface area contributed by atoms with Crippen molar-refractivity contribution >= 4 is 17.7 Å². The Balaban J connectivity index is 1.79. The number of hydrogen-bond acceptors (Lipinski definition) is 4. The minimum absolute atomic E-state index is 0.164. The van der Waals surface area contributed by atoms with Crippen molar-refractivity contribution in [2.75, 3.05) is 13.7 Å². The summed E-state index contributed by atoms with van der Waals surface area (Å²) in [5, 5.41) is 3.02. The number of imide groups is 1. The molecule has 1 aromatic rings. The summed E-state index contributed by atoms with van der Waals surface area (Å²) in [6, 6.07) is 9.71. The Morgan fingerprint density at radius 2 is 1.96 bits per heavy atom. The third kappa shape index (κ3) is 1.83. The summed E-state index contributed by atoms with van der Waals surface area (Å²) in [6.07, 6.45) is 0.255. The molecule has 0 unspecified atom stereocenters. The summed E-state index contributed by atoms with van der Waals surface area (Å²) >= 11 is 0. The molecule has 1 saturated carbocycles. The van der Waals surface area contributed by atoms with Crippen molar-refractivity contribution in [3.05, 3.63) is 35.9 Å². The first-order chi connectivity index (χ1) is 11.5. The summed E-state index contributed by atoms with van der Waals surface area (Å²) in [5.74, 6) is -1.64. The van der Waals surface area contributed by atoms with Crippen LogP contribution in [0.2, 0.25) is 0 Å².